The number of allylic oxidation sites excluding steroid dienone is 8. The van der Waals surface area contributed by atoms with E-state index in [1.54, 1.807) is 0 Å². The molecule has 24 heavy (non-hydrogen) atoms. The molecule has 0 fully saturated rings. The van der Waals surface area contributed by atoms with Crippen molar-refractivity contribution in [1.29, 1.82) is 0 Å². The summed E-state index contributed by atoms with van der Waals surface area (Å²) in [5.41, 5.74) is 5.82. The molecule has 0 aliphatic carbocycles. The molecule has 0 saturated carbocycles. The zero-order chi connectivity index (χ0) is 17.7. The van der Waals surface area contributed by atoms with Crippen LogP contribution in [0.4, 0.5) is 5.69 Å². The molecule has 0 unspecified atom stereocenters. The van der Waals surface area contributed by atoms with Crippen LogP contribution in [0, 0.1) is 5.41 Å². The molecule has 0 atom stereocenters. The Balaban J connectivity index is 2.91. The average molecular weight is 317 g/mol. The van der Waals surface area contributed by atoms with Gasteiger partial charge >= 0.3 is 0 Å². The minimum atomic E-state index is -0.120. The van der Waals surface area contributed by atoms with Gasteiger partial charge < -0.3 is 4.90 Å². The van der Waals surface area contributed by atoms with Gasteiger partial charge in [-0.2, -0.15) is 0 Å². The number of hydrogen-bond acceptors (Lipinski definition) is 1. The second kappa shape index (κ2) is 7.35. The monoisotopic (exact) mass is 317 g/mol. The molecule has 1 heterocycles. The Morgan fingerprint density at radius 1 is 1.04 bits per heavy atom. The minimum Gasteiger partial charge on any atom is -0.310 e. The van der Waals surface area contributed by atoms with Crippen molar-refractivity contribution in [3.8, 4) is 0 Å². The largest absolute Gasteiger partial charge is 0.310 e. The molecule has 0 radical (unpaired) electrons. The van der Waals surface area contributed by atoms with E-state index in [-0.39, 0.29) is 5.41 Å². The Morgan fingerprint density at radius 3 is 2.21 bits per heavy atom. The maximum Gasteiger partial charge on any atom is 0.0499 e. The molecule has 1 aromatic rings. The number of hydrogen-bond donors (Lipinski definition) is 0. The highest BCUT2D eigenvalue weighted by molar-refractivity contribution is 5.72. The summed E-state index contributed by atoms with van der Waals surface area (Å²) in [6, 6.07) is 10.4. The average Bonchev–Trinajstić information content (AvgIpc) is 2.56. The molecule has 0 saturated heterocycles. The molecule has 1 aliphatic heterocycles. The maximum atomic E-state index is 4.10. The van der Waals surface area contributed by atoms with E-state index in [1.807, 2.05) is 25.1 Å². The van der Waals surface area contributed by atoms with Crippen LogP contribution in [0.3, 0.4) is 0 Å². The smallest absolute Gasteiger partial charge is 0.0499 e. The normalized spacial score (nSPS) is 20.9. The Kier molecular flexibility index (Phi) is 5.46. The number of para-hydroxylation sites is 1. The summed E-state index contributed by atoms with van der Waals surface area (Å²) in [5, 5.41) is 0. The van der Waals surface area contributed by atoms with E-state index in [0.717, 1.165) is 17.1 Å². The third-order valence-electron chi connectivity index (χ3n) is 4.49. The first-order valence-electron chi connectivity index (χ1n) is 8.37. The molecule has 1 heteroatoms. The molecule has 0 amide bonds. The van der Waals surface area contributed by atoms with Gasteiger partial charge in [0.2, 0.25) is 0 Å². The molecule has 1 aliphatic rings. The lowest BCUT2D eigenvalue weighted by molar-refractivity contribution is 0.535. The van der Waals surface area contributed by atoms with E-state index in [0.29, 0.717) is 0 Å². The summed E-state index contributed by atoms with van der Waals surface area (Å²) in [6.45, 7) is 16.7. The van der Waals surface area contributed by atoms with Crippen LogP contribution in [0.25, 0.3) is 0 Å². The highest BCUT2D eigenvalue weighted by Gasteiger charge is 2.38. The minimum absolute atomic E-state index is 0.120. The van der Waals surface area contributed by atoms with E-state index in [4.69, 9.17) is 0 Å². The van der Waals surface area contributed by atoms with Crippen LogP contribution in [0.1, 0.15) is 27.7 Å². The Morgan fingerprint density at radius 2 is 1.71 bits per heavy atom. The first-order chi connectivity index (χ1) is 11.5. The van der Waals surface area contributed by atoms with E-state index < -0.39 is 0 Å². The molecule has 2 rings (SSSR count). The van der Waals surface area contributed by atoms with Crippen molar-refractivity contribution in [2.75, 3.05) is 4.90 Å². The molecule has 1 aromatic carbocycles. The van der Waals surface area contributed by atoms with Gasteiger partial charge in [0.15, 0.2) is 0 Å². The molecule has 1 nitrogen and oxygen atoms in total. The second-order valence-corrected chi connectivity index (χ2v) is 6.29. The van der Waals surface area contributed by atoms with Gasteiger partial charge in [-0.05, 0) is 49.3 Å². The van der Waals surface area contributed by atoms with Crippen molar-refractivity contribution in [3.63, 3.8) is 0 Å². The first kappa shape index (κ1) is 17.8. The molecule has 0 N–H and O–H groups in total. The van der Waals surface area contributed by atoms with Crippen LogP contribution in [0.2, 0.25) is 0 Å². The Bertz CT molecular complexity index is 739. The number of nitrogens with zero attached hydrogens (tertiary/aromatic N) is 1. The van der Waals surface area contributed by atoms with Crippen LogP contribution in [-0.2, 0) is 0 Å². The quantitative estimate of drug-likeness (QED) is 0.607. The van der Waals surface area contributed by atoms with Crippen LogP contribution in [0.5, 0.6) is 0 Å². The molecule has 0 spiro atoms. The van der Waals surface area contributed by atoms with Gasteiger partial charge in [0.1, 0.15) is 0 Å². The highest BCUT2D eigenvalue weighted by atomic mass is 15.2. The van der Waals surface area contributed by atoms with Gasteiger partial charge in [-0.15, -0.1) is 0 Å². The third-order valence-corrected chi connectivity index (χ3v) is 4.49. The van der Waals surface area contributed by atoms with Gasteiger partial charge in [-0.25, -0.2) is 0 Å². The summed E-state index contributed by atoms with van der Waals surface area (Å²) < 4.78 is 0. The maximum absolute atomic E-state index is 4.10. The SMILES string of the molecule is C=C/C=C1\C(=C/C)C(C)(C)C(C=C)=C(/C=C\C)N1c1ccccc1. The fraction of sp³-hybridized carbons (Fsp3) is 0.217. The summed E-state index contributed by atoms with van der Waals surface area (Å²) in [6.07, 6.45) is 12.4. The van der Waals surface area contributed by atoms with Crippen LogP contribution >= 0.6 is 0 Å². The van der Waals surface area contributed by atoms with Crippen LogP contribution in [0.15, 0.2) is 102 Å². The lowest BCUT2D eigenvalue weighted by atomic mass is 9.71. The summed E-state index contributed by atoms with van der Waals surface area (Å²) in [4.78, 5) is 2.29. The van der Waals surface area contributed by atoms with Gasteiger partial charge in [0.05, 0.1) is 0 Å². The number of benzene rings is 1. The summed E-state index contributed by atoms with van der Waals surface area (Å²) in [5.74, 6) is 0. The zero-order valence-electron chi connectivity index (χ0n) is 15.2. The van der Waals surface area contributed by atoms with Crippen molar-refractivity contribution < 1.29 is 0 Å². The van der Waals surface area contributed by atoms with Crippen LogP contribution < -0.4 is 4.90 Å². The number of anilines is 1. The van der Waals surface area contributed by atoms with Crippen molar-refractivity contribution in [2.45, 2.75) is 27.7 Å². The highest BCUT2D eigenvalue weighted by Crippen LogP contribution is 2.49. The van der Waals surface area contributed by atoms with Gasteiger partial charge in [-0.1, -0.05) is 69.5 Å². The topological polar surface area (TPSA) is 3.24 Å². The van der Waals surface area contributed by atoms with E-state index in [2.05, 4.69) is 87.4 Å². The Labute approximate surface area is 146 Å². The molecule has 0 aromatic heterocycles. The molecule has 0 bridgehead atoms. The summed E-state index contributed by atoms with van der Waals surface area (Å²) in [7, 11) is 0. The predicted molar refractivity (Wildman–Crippen MR) is 107 cm³/mol. The Hall–Kier alpha value is -2.54. The van der Waals surface area contributed by atoms with E-state index in [1.165, 1.54) is 11.1 Å². The number of rotatable bonds is 4. The van der Waals surface area contributed by atoms with E-state index >= 15 is 0 Å². The zero-order valence-corrected chi connectivity index (χ0v) is 15.2. The molecule has 124 valence electrons. The first-order valence-corrected chi connectivity index (χ1v) is 8.37. The van der Waals surface area contributed by atoms with Gasteiger partial charge in [0.25, 0.3) is 0 Å². The lowest BCUT2D eigenvalue weighted by Crippen LogP contribution is -2.36. The lowest BCUT2D eigenvalue weighted by Gasteiger charge is -2.44. The van der Waals surface area contributed by atoms with Crippen LogP contribution in [-0.4, -0.2) is 0 Å². The standard InChI is InChI=1S/C23H27N/c1-7-14-21-19(9-3)23(5,6)20(10-4)22(15-8-2)24(21)18-16-12-11-13-17-18/h7-17H,1,4H2,2-3,5-6H3/b15-8-,19-9+,21-14+. The van der Waals surface area contributed by atoms with E-state index in [9.17, 15) is 0 Å². The fourth-order valence-electron chi connectivity index (χ4n) is 3.48. The third kappa shape index (κ3) is 2.94. The fourth-order valence-corrected chi connectivity index (χ4v) is 3.48. The molecular weight excluding hydrogens is 290 g/mol. The van der Waals surface area contributed by atoms with Gasteiger partial charge in [-0.3, -0.25) is 0 Å². The predicted octanol–water partition coefficient (Wildman–Crippen LogP) is 6.57. The second-order valence-electron chi connectivity index (χ2n) is 6.29. The van der Waals surface area contributed by atoms with Crippen molar-refractivity contribution >= 4 is 5.69 Å². The molecular formula is C23H27N. The van der Waals surface area contributed by atoms with Crippen molar-refractivity contribution in [1.82, 2.24) is 0 Å². The van der Waals surface area contributed by atoms with Crippen molar-refractivity contribution in [2.24, 2.45) is 5.41 Å². The summed E-state index contributed by atoms with van der Waals surface area (Å²) >= 11 is 0. The van der Waals surface area contributed by atoms with Crippen molar-refractivity contribution in [3.05, 3.63) is 102 Å². The van der Waals surface area contributed by atoms with Gasteiger partial charge in [0, 0.05) is 22.5 Å².